The molecule has 2 aromatic carbocycles. The fraction of sp³-hybridized carbons (Fsp3) is 0.312. The van der Waals surface area contributed by atoms with Gasteiger partial charge in [0.05, 0.1) is 11.9 Å². The molecule has 0 spiro atoms. The zero-order valence-corrected chi connectivity index (χ0v) is 24.8. The third kappa shape index (κ3) is 6.81. The maximum absolute atomic E-state index is 12.4. The van der Waals surface area contributed by atoms with Crippen LogP contribution in [0.2, 0.25) is 0 Å². The zero-order chi connectivity index (χ0) is 29.7. The number of ketones is 1. The van der Waals surface area contributed by atoms with Crippen molar-refractivity contribution >= 4 is 45.6 Å². The van der Waals surface area contributed by atoms with Crippen molar-refractivity contribution in [3.05, 3.63) is 72.6 Å². The Hall–Kier alpha value is -4.50. The Morgan fingerprint density at radius 3 is 2.56 bits per heavy atom. The molecular formula is C32H39N7O2. The Morgan fingerprint density at radius 2 is 1.85 bits per heavy atom. The quantitative estimate of drug-likeness (QED) is 0.229. The number of anilines is 4. The maximum Gasteiger partial charge on any atom is 0.227 e. The number of hydrogen-bond acceptors (Lipinski definition) is 7. The molecule has 0 bridgehead atoms. The number of para-hydroxylation sites is 1. The number of nitrogens with zero attached hydrogens (tertiary/aromatic N) is 5. The van der Waals surface area contributed by atoms with Gasteiger partial charge in [0.25, 0.3) is 0 Å². The van der Waals surface area contributed by atoms with E-state index in [9.17, 15) is 9.59 Å². The minimum Gasteiger partial charge on any atom is -0.373 e. The second-order valence-corrected chi connectivity index (χ2v) is 10.5. The van der Waals surface area contributed by atoms with Crippen LogP contribution in [0.1, 0.15) is 24.5 Å². The SMILES string of the molecule is C=CC(=O)Cc1cc(Nc2ncc(NC(=O)CC)c(-c3cn(C)c4ccccc34)n2)c(C)cc1N(C)CCN(C)C. The number of aryl methyl sites for hydroxylation is 2. The highest BCUT2D eigenvalue weighted by atomic mass is 16.1. The highest BCUT2D eigenvalue weighted by Crippen LogP contribution is 2.35. The Kier molecular flexibility index (Phi) is 9.19. The van der Waals surface area contributed by atoms with Gasteiger partial charge in [-0.3, -0.25) is 9.59 Å². The average Bonchev–Trinajstić information content (AvgIpc) is 3.29. The summed E-state index contributed by atoms with van der Waals surface area (Å²) in [5.41, 5.74) is 6.81. The Morgan fingerprint density at radius 1 is 1.10 bits per heavy atom. The molecule has 1 amide bonds. The van der Waals surface area contributed by atoms with E-state index in [0.717, 1.165) is 52.1 Å². The monoisotopic (exact) mass is 553 g/mol. The molecule has 214 valence electrons. The number of rotatable bonds is 12. The molecule has 0 fully saturated rings. The van der Waals surface area contributed by atoms with Gasteiger partial charge >= 0.3 is 0 Å². The normalized spacial score (nSPS) is 11.1. The summed E-state index contributed by atoms with van der Waals surface area (Å²) in [6.45, 7) is 9.19. The molecular weight excluding hydrogens is 514 g/mol. The van der Waals surface area contributed by atoms with Gasteiger partial charge in [-0.2, -0.15) is 0 Å². The van der Waals surface area contributed by atoms with Crippen LogP contribution < -0.4 is 15.5 Å². The van der Waals surface area contributed by atoms with E-state index in [2.05, 4.69) is 44.1 Å². The van der Waals surface area contributed by atoms with Crippen LogP contribution in [0.15, 0.2) is 61.4 Å². The smallest absolute Gasteiger partial charge is 0.227 e. The summed E-state index contributed by atoms with van der Waals surface area (Å²) < 4.78 is 2.05. The summed E-state index contributed by atoms with van der Waals surface area (Å²) in [5, 5.41) is 7.36. The lowest BCUT2D eigenvalue weighted by atomic mass is 10.0. The van der Waals surface area contributed by atoms with Crippen molar-refractivity contribution in [3.63, 3.8) is 0 Å². The van der Waals surface area contributed by atoms with Crippen LogP contribution >= 0.6 is 0 Å². The molecule has 41 heavy (non-hydrogen) atoms. The van der Waals surface area contributed by atoms with Gasteiger partial charge in [-0.05, 0) is 56.4 Å². The summed E-state index contributed by atoms with van der Waals surface area (Å²) in [7, 11) is 8.11. The Bertz CT molecular complexity index is 1590. The van der Waals surface area contributed by atoms with E-state index in [1.807, 2.05) is 77.1 Å². The number of fused-ring (bicyclic) bond motifs is 1. The fourth-order valence-electron chi connectivity index (χ4n) is 4.73. The van der Waals surface area contributed by atoms with E-state index >= 15 is 0 Å². The largest absolute Gasteiger partial charge is 0.373 e. The van der Waals surface area contributed by atoms with Crippen LogP contribution in [0.5, 0.6) is 0 Å². The summed E-state index contributed by atoms with van der Waals surface area (Å²) in [6.07, 6.45) is 5.60. The number of benzene rings is 2. The molecule has 0 aliphatic heterocycles. The summed E-state index contributed by atoms with van der Waals surface area (Å²) in [5.74, 6) is 0.227. The van der Waals surface area contributed by atoms with E-state index < -0.39 is 0 Å². The maximum atomic E-state index is 12.4. The minimum absolute atomic E-state index is 0.0485. The van der Waals surface area contributed by atoms with Gasteiger partial charge in [0.15, 0.2) is 5.78 Å². The number of aromatic nitrogens is 3. The van der Waals surface area contributed by atoms with E-state index in [-0.39, 0.29) is 18.1 Å². The topological polar surface area (TPSA) is 95.4 Å². The standard InChI is InChI=1S/C32H39N7O2/c1-8-23(40)17-22-18-26(21(3)16-29(22)38(6)15-14-37(4)5)35-32-33-19-27(34-30(41)9-2)31(36-32)25-20-39(7)28-13-11-10-12-24(25)28/h8,10-13,16,18-20H,1,9,14-15,17H2,2-7H3,(H,34,41)(H,33,35,36). The molecule has 0 aliphatic carbocycles. The lowest BCUT2D eigenvalue weighted by molar-refractivity contribution is -0.116. The highest BCUT2D eigenvalue weighted by Gasteiger charge is 2.18. The fourth-order valence-corrected chi connectivity index (χ4v) is 4.73. The molecule has 4 rings (SSSR count). The first-order valence-electron chi connectivity index (χ1n) is 13.7. The van der Waals surface area contributed by atoms with Crippen LogP contribution in [0.25, 0.3) is 22.2 Å². The van der Waals surface area contributed by atoms with Gasteiger partial charge in [0.2, 0.25) is 11.9 Å². The number of amides is 1. The zero-order valence-electron chi connectivity index (χ0n) is 24.8. The van der Waals surface area contributed by atoms with Gasteiger partial charge in [0, 0.05) is 74.1 Å². The number of likely N-dealkylation sites (N-methyl/N-ethyl adjacent to an activating group) is 2. The van der Waals surface area contributed by atoms with Crippen molar-refractivity contribution < 1.29 is 9.59 Å². The second-order valence-electron chi connectivity index (χ2n) is 10.5. The number of carbonyl (C=O) groups excluding carboxylic acids is 2. The van der Waals surface area contributed by atoms with Crippen LogP contribution in [0.4, 0.5) is 23.0 Å². The molecule has 2 heterocycles. The van der Waals surface area contributed by atoms with E-state index in [4.69, 9.17) is 4.98 Å². The molecule has 0 unspecified atom stereocenters. The molecule has 2 N–H and O–H groups in total. The van der Waals surface area contributed by atoms with Crippen molar-refractivity contribution in [3.8, 4) is 11.3 Å². The van der Waals surface area contributed by atoms with E-state index in [1.165, 1.54) is 6.08 Å². The Labute approximate surface area is 241 Å². The summed E-state index contributed by atoms with van der Waals surface area (Å²) >= 11 is 0. The first-order chi connectivity index (χ1) is 19.6. The van der Waals surface area contributed by atoms with Crippen LogP contribution in [-0.2, 0) is 23.1 Å². The Balaban J connectivity index is 1.77. The molecule has 0 saturated heterocycles. The second kappa shape index (κ2) is 12.8. The van der Waals surface area contributed by atoms with Crippen LogP contribution in [0.3, 0.4) is 0 Å². The van der Waals surface area contributed by atoms with Gasteiger partial charge in [-0.1, -0.05) is 31.7 Å². The van der Waals surface area contributed by atoms with Crippen molar-refractivity contribution in [2.75, 3.05) is 49.8 Å². The molecule has 9 nitrogen and oxygen atoms in total. The minimum atomic E-state index is -0.114. The number of hydrogen-bond donors (Lipinski definition) is 2. The number of carbonyl (C=O) groups is 2. The molecule has 0 aliphatic rings. The highest BCUT2D eigenvalue weighted by molar-refractivity contribution is 6.01. The van der Waals surface area contributed by atoms with Gasteiger partial charge < -0.3 is 25.0 Å². The van der Waals surface area contributed by atoms with Gasteiger partial charge in [-0.25, -0.2) is 9.97 Å². The first-order valence-corrected chi connectivity index (χ1v) is 13.7. The molecule has 0 saturated carbocycles. The van der Waals surface area contributed by atoms with Crippen molar-refractivity contribution in [2.24, 2.45) is 7.05 Å². The van der Waals surface area contributed by atoms with Gasteiger partial charge in [-0.15, -0.1) is 0 Å². The third-order valence-corrected chi connectivity index (χ3v) is 7.09. The molecule has 9 heteroatoms. The van der Waals surface area contributed by atoms with Crippen molar-refractivity contribution in [2.45, 2.75) is 26.7 Å². The molecule has 2 aromatic heterocycles. The third-order valence-electron chi connectivity index (χ3n) is 7.09. The first kappa shape index (κ1) is 29.5. The summed E-state index contributed by atoms with van der Waals surface area (Å²) in [4.78, 5) is 38.5. The lowest BCUT2D eigenvalue weighted by Crippen LogP contribution is -2.29. The molecule has 4 aromatic rings. The molecule has 0 radical (unpaired) electrons. The van der Waals surface area contributed by atoms with E-state index in [1.54, 1.807) is 6.20 Å². The van der Waals surface area contributed by atoms with Crippen molar-refractivity contribution in [1.29, 1.82) is 0 Å². The summed E-state index contributed by atoms with van der Waals surface area (Å²) in [6, 6.07) is 12.2. The van der Waals surface area contributed by atoms with Crippen LogP contribution in [-0.4, -0.2) is 65.4 Å². The van der Waals surface area contributed by atoms with Crippen LogP contribution in [0, 0.1) is 6.92 Å². The number of nitrogens with one attached hydrogen (secondary N) is 2. The average molecular weight is 554 g/mol. The van der Waals surface area contributed by atoms with Crippen molar-refractivity contribution in [1.82, 2.24) is 19.4 Å². The predicted molar refractivity (Wildman–Crippen MR) is 168 cm³/mol. The number of allylic oxidation sites excluding steroid dienone is 1. The predicted octanol–water partition coefficient (Wildman–Crippen LogP) is 5.33. The lowest BCUT2D eigenvalue weighted by Gasteiger charge is -2.25. The van der Waals surface area contributed by atoms with E-state index in [0.29, 0.717) is 23.8 Å². The van der Waals surface area contributed by atoms with Gasteiger partial charge in [0.1, 0.15) is 5.69 Å². The molecule has 0 atom stereocenters.